The highest BCUT2D eigenvalue weighted by atomic mass is 15.1. The van der Waals surface area contributed by atoms with Gasteiger partial charge in [0.1, 0.15) is 5.82 Å². The Morgan fingerprint density at radius 3 is 2.38 bits per heavy atom. The van der Waals surface area contributed by atoms with E-state index in [-0.39, 0.29) is 1.43 Å². The summed E-state index contributed by atoms with van der Waals surface area (Å²) in [7, 11) is 0. The molecule has 0 fully saturated rings. The first kappa shape index (κ1) is 16.4. The minimum atomic E-state index is 0. The van der Waals surface area contributed by atoms with Crippen LogP contribution in [0.25, 0.3) is 39.4 Å². The zero-order valence-electron chi connectivity index (χ0n) is 16.3. The van der Waals surface area contributed by atoms with Crippen molar-refractivity contribution in [2.45, 2.75) is 19.3 Å². The molecule has 3 heteroatoms. The molecular formula is C26H23N3. The Balaban J connectivity index is 0.00000193. The van der Waals surface area contributed by atoms with Crippen LogP contribution < -0.4 is 0 Å². The Bertz CT molecular complexity index is 1330. The average Bonchev–Trinajstić information content (AvgIpc) is 3.35. The number of H-pyrrole nitrogens is 1. The summed E-state index contributed by atoms with van der Waals surface area (Å²) in [6, 6.07) is 29.7. The third-order valence-corrected chi connectivity index (χ3v) is 5.98. The molecule has 0 bridgehead atoms. The van der Waals surface area contributed by atoms with Crippen LogP contribution in [0.1, 0.15) is 25.5 Å². The largest absolute Gasteiger partial charge is 0.353 e. The topological polar surface area (TPSA) is 33.6 Å². The zero-order chi connectivity index (χ0) is 19.4. The van der Waals surface area contributed by atoms with Crippen molar-refractivity contribution < 1.29 is 1.43 Å². The highest BCUT2D eigenvalue weighted by Gasteiger charge is 2.32. The van der Waals surface area contributed by atoms with Crippen LogP contribution in [0.4, 0.5) is 0 Å². The third-order valence-electron chi connectivity index (χ3n) is 5.98. The Morgan fingerprint density at radius 1 is 0.897 bits per heavy atom. The summed E-state index contributed by atoms with van der Waals surface area (Å²) in [6.45, 7) is 2.29. The highest BCUT2D eigenvalue weighted by molar-refractivity contribution is 5.92. The van der Waals surface area contributed by atoms with Crippen molar-refractivity contribution in [2.24, 2.45) is 0 Å². The van der Waals surface area contributed by atoms with Gasteiger partial charge in [-0.1, -0.05) is 73.7 Å². The molecule has 142 valence electrons. The number of benzene rings is 3. The molecule has 3 aromatic carbocycles. The average molecular weight is 377 g/mol. The van der Waals surface area contributed by atoms with Gasteiger partial charge >= 0.3 is 0 Å². The fourth-order valence-electron chi connectivity index (χ4n) is 4.65. The van der Waals surface area contributed by atoms with Crippen LogP contribution in [0.2, 0.25) is 0 Å². The van der Waals surface area contributed by atoms with Crippen LogP contribution in [0, 0.1) is 0 Å². The Labute approximate surface area is 171 Å². The van der Waals surface area contributed by atoms with Crippen LogP contribution in [-0.4, -0.2) is 14.5 Å². The maximum Gasteiger partial charge on any atom is 0.145 e. The lowest BCUT2D eigenvalue weighted by atomic mass is 9.88. The lowest BCUT2D eigenvalue weighted by Crippen LogP contribution is -2.10. The van der Waals surface area contributed by atoms with Crippen molar-refractivity contribution in [3.8, 4) is 28.5 Å². The van der Waals surface area contributed by atoms with E-state index in [9.17, 15) is 0 Å². The molecule has 0 aliphatic heterocycles. The summed E-state index contributed by atoms with van der Waals surface area (Å²) < 4.78 is 2.33. The molecule has 5 aromatic rings. The van der Waals surface area contributed by atoms with Gasteiger partial charge in [0.15, 0.2) is 0 Å². The van der Waals surface area contributed by atoms with Gasteiger partial charge in [-0.05, 0) is 30.2 Å². The normalized spacial score (nSPS) is 15.3. The molecule has 0 radical (unpaired) electrons. The van der Waals surface area contributed by atoms with E-state index < -0.39 is 0 Å². The van der Waals surface area contributed by atoms with E-state index >= 15 is 0 Å². The maximum atomic E-state index is 5.19. The van der Waals surface area contributed by atoms with Gasteiger partial charge in [0.2, 0.25) is 0 Å². The molecule has 0 amide bonds. The first-order valence-electron chi connectivity index (χ1n) is 10.1. The molecule has 2 aromatic heterocycles. The van der Waals surface area contributed by atoms with E-state index in [0.717, 1.165) is 23.5 Å². The Morgan fingerprint density at radius 2 is 1.59 bits per heavy atom. The number of imidazole rings is 1. The number of nitrogens with zero attached hydrogens (tertiary/aromatic N) is 2. The summed E-state index contributed by atoms with van der Waals surface area (Å²) >= 11 is 0. The molecule has 1 unspecified atom stereocenters. The summed E-state index contributed by atoms with van der Waals surface area (Å²) in [5.74, 6) is 1.37. The number of nitrogens with one attached hydrogen (secondary N) is 1. The molecule has 0 saturated carbocycles. The number of rotatable bonds is 2. The quantitative estimate of drug-likeness (QED) is 0.370. The second-order valence-electron chi connectivity index (χ2n) is 7.84. The predicted molar refractivity (Wildman–Crippen MR) is 121 cm³/mol. The number of aromatic amines is 1. The summed E-state index contributed by atoms with van der Waals surface area (Å²) in [4.78, 5) is 8.90. The molecule has 3 nitrogen and oxygen atoms in total. The van der Waals surface area contributed by atoms with Crippen molar-refractivity contribution in [3.63, 3.8) is 0 Å². The van der Waals surface area contributed by atoms with Crippen LogP contribution in [0.5, 0.6) is 0 Å². The smallest absolute Gasteiger partial charge is 0.145 e. The van der Waals surface area contributed by atoms with Crippen molar-refractivity contribution in [1.82, 2.24) is 14.5 Å². The third kappa shape index (κ3) is 2.40. The number of aromatic nitrogens is 3. The summed E-state index contributed by atoms with van der Waals surface area (Å²) in [5, 5.41) is 1.32. The van der Waals surface area contributed by atoms with Gasteiger partial charge in [-0.2, -0.15) is 0 Å². The monoisotopic (exact) mass is 377 g/mol. The van der Waals surface area contributed by atoms with Crippen molar-refractivity contribution in [2.75, 3.05) is 0 Å². The van der Waals surface area contributed by atoms with Gasteiger partial charge in [-0.3, -0.25) is 4.57 Å². The summed E-state index contributed by atoms with van der Waals surface area (Å²) in [5.41, 5.74) is 8.44. The highest BCUT2D eigenvalue weighted by Crippen LogP contribution is 2.45. The van der Waals surface area contributed by atoms with Gasteiger partial charge in [0, 0.05) is 29.5 Å². The molecule has 1 atom stereocenters. The summed E-state index contributed by atoms with van der Waals surface area (Å²) in [6.07, 6.45) is 1.01. The Hall–Kier alpha value is -3.59. The van der Waals surface area contributed by atoms with E-state index in [2.05, 4.69) is 101 Å². The van der Waals surface area contributed by atoms with Gasteiger partial charge in [-0.25, -0.2) is 4.98 Å². The standard InChI is InChI=1S/C26H21N3.H2/c1-17-16-21-20-14-8-9-15-22(20)27-24(21)25-23(17)28-26(18-10-4-2-5-11-18)29(25)19-12-6-3-7-13-19;/h2-15,17,27H,16H2,1H3;1H. The van der Waals surface area contributed by atoms with E-state index in [1.54, 1.807) is 0 Å². The van der Waals surface area contributed by atoms with Crippen LogP contribution in [-0.2, 0) is 6.42 Å². The molecular weight excluding hydrogens is 354 g/mol. The number of para-hydroxylation sites is 2. The predicted octanol–water partition coefficient (Wildman–Crippen LogP) is 6.59. The molecule has 0 saturated heterocycles. The zero-order valence-corrected chi connectivity index (χ0v) is 16.3. The number of hydrogen-bond donors (Lipinski definition) is 1. The first-order valence-corrected chi connectivity index (χ1v) is 10.1. The molecule has 0 spiro atoms. The van der Waals surface area contributed by atoms with E-state index in [0.29, 0.717) is 5.92 Å². The molecule has 1 N–H and O–H groups in total. The van der Waals surface area contributed by atoms with Gasteiger partial charge < -0.3 is 4.98 Å². The van der Waals surface area contributed by atoms with Crippen LogP contribution >= 0.6 is 0 Å². The SMILES string of the molecule is CC1Cc2c([nH]c3ccccc23)-c2c1nc(-c1ccccc1)n2-c1ccccc1.[HH]. The van der Waals surface area contributed by atoms with Crippen LogP contribution in [0.15, 0.2) is 84.9 Å². The number of fused-ring (bicyclic) bond motifs is 5. The first-order chi connectivity index (χ1) is 14.3. The van der Waals surface area contributed by atoms with Gasteiger partial charge in [0.05, 0.1) is 17.1 Å². The molecule has 2 heterocycles. The van der Waals surface area contributed by atoms with Crippen LogP contribution in [0.3, 0.4) is 0 Å². The lowest BCUT2D eigenvalue weighted by molar-refractivity contribution is 0.728. The molecule has 29 heavy (non-hydrogen) atoms. The molecule has 1 aliphatic carbocycles. The second kappa shape index (κ2) is 6.21. The minimum absolute atomic E-state index is 0. The fraction of sp³-hybridized carbons (Fsp3) is 0.115. The second-order valence-corrected chi connectivity index (χ2v) is 7.84. The van der Waals surface area contributed by atoms with Crippen molar-refractivity contribution in [3.05, 3.63) is 96.2 Å². The van der Waals surface area contributed by atoms with E-state index in [1.165, 1.54) is 33.5 Å². The molecule has 6 rings (SSSR count). The van der Waals surface area contributed by atoms with E-state index in [4.69, 9.17) is 4.98 Å². The molecule has 1 aliphatic rings. The maximum absolute atomic E-state index is 5.19. The minimum Gasteiger partial charge on any atom is -0.353 e. The van der Waals surface area contributed by atoms with Gasteiger partial charge in [0.25, 0.3) is 0 Å². The number of hydrogen-bond acceptors (Lipinski definition) is 1. The van der Waals surface area contributed by atoms with Crippen molar-refractivity contribution >= 4 is 10.9 Å². The van der Waals surface area contributed by atoms with Crippen molar-refractivity contribution in [1.29, 1.82) is 0 Å². The fourth-order valence-corrected chi connectivity index (χ4v) is 4.65. The Kier molecular flexibility index (Phi) is 3.51. The lowest BCUT2D eigenvalue weighted by Gasteiger charge is -2.20. The van der Waals surface area contributed by atoms with E-state index in [1.807, 2.05) is 0 Å². The van der Waals surface area contributed by atoms with Gasteiger partial charge in [-0.15, -0.1) is 0 Å².